The second-order valence-corrected chi connectivity index (χ2v) is 3.89. The van der Waals surface area contributed by atoms with E-state index in [1.165, 1.54) is 11.3 Å². The number of carbonyl (C=O) groups is 1. The highest BCUT2D eigenvalue weighted by Gasteiger charge is 2.16. The van der Waals surface area contributed by atoms with Gasteiger partial charge in [-0.1, -0.05) is 6.07 Å². The van der Waals surface area contributed by atoms with Crippen LogP contribution in [0.2, 0.25) is 0 Å². The Balaban J connectivity index is 2.58. The number of halogens is 1. The number of thiophene rings is 1. The molecule has 0 N–H and O–H groups in total. The van der Waals surface area contributed by atoms with Gasteiger partial charge in [-0.05, 0) is 17.2 Å². The van der Waals surface area contributed by atoms with Gasteiger partial charge in [0.15, 0.2) is 0 Å². The molecule has 5 heteroatoms. The molecule has 1 aromatic heterocycles. The van der Waals surface area contributed by atoms with Crippen LogP contribution in [-0.2, 0) is 9.74 Å². The first-order valence-corrected chi connectivity index (χ1v) is 5.24. The van der Waals surface area contributed by atoms with E-state index in [1.54, 1.807) is 0 Å². The number of hydrogen-bond donors (Lipinski definition) is 1. The van der Waals surface area contributed by atoms with Crippen LogP contribution in [0.4, 0.5) is 4.53 Å². The highest BCUT2D eigenvalue weighted by Crippen LogP contribution is 2.25. The fourth-order valence-corrected chi connectivity index (χ4v) is 2.29. The maximum absolute atomic E-state index is 11.5. The van der Waals surface area contributed by atoms with Gasteiger partial charge in [-0.15, -0.1) is 11.3 Å². The van der Waals surface area contributed by atoms with E-state index in [0.717, 1.165) is 4.88 Å². The zero-order valence-electron chi connectivity index (χ0n) is 6.77. The van der Waals surface area contributed by atoms with Crippen LogP contribution in [0.25, 0.3) is 0 Å². The lowest BCUT2D eigenvalue weighted by Gasteiger charge is -2.08. The van der Waals surface area contributed by atoms with E-state index in [-0.39, 0.29) is 12.3 Å². The lowest BCUT2D eigenvalue weighted by molar-refractivity contribution is -0.183. The molecule has 0 spiro atoms. The molecule has 0 aliphatic heterocycles. The fourth-order valence-electron chi connectivity index (χ4n) is 1.01. The Labute approximate surface area is 85.0 Å². The average Bonchev–Trinajstić information content (AvgIpc) is 2.66. The van der Waals surface area contributed by atoms with Crippen LogP contribution in [0.3, 0.4) is 0 Å². The second-order valence-electron chi connectivity index (χ2n) is 2.55. The Bertz CT molecular complexity index is 261. The van der Waals surface area contributed by atoms with Crippen LogP contribution in [0.15, 0.2) is 17.5 Å². The predicted molar refractivity (Wildman–Crippen MR) is 52.7 cm³/mol. The van der Waals surface area contributed by atoms with Crippen molar-refractivity contribution in [1.29, 1.82) is 0 Å². The Morgan fingerprint density at radius 1 is 1.77 bits per heavy atom. The molecule has 0 radical (unpaired) electrons. The van der Waals surface area contributed by atoms with Crippen molar-refractivity contribution in [3.05, 3.63) is 22.4 Å². The zero-order valence-corrected chi connectivity index (χ0v) is 8.48. The lowest BCUT2D eigenvalue weighted by atomic mass is 10.1. The minimum Gasteiger partial charge on any atom is -0.255 e. The van der Waals surface area contributed by atoms with Crippen LogP contribution in [0, 0.1) is 0 Å². The van der Waals surface area contributed by atoms with Crippen molar-refractivity contribution in [1.82, 2.24) is 0 Å². The first-order valence-electron chi connectivity index (χ1n) is 3.73. The molecule has 2 nitrogen and oxygen atoms in total. The summed E-state index contributed by atoms with van der Waals surface area (Å²) in [6, 6.07) is 3.79. The standard InChI is InChI=1S/C8H9FO2S2/c9-11-8(10)4-6(5-12)7-2-1-3-13-7/h1-3,6,12H,4-5H2. The van der Waals surface area contributed by atoms with Crippen molar-refractivity contribution in [2.75, 3.05) is 5.75 Å². The van der Waals surface area contributed by atoms with Gasteiger partial charge in [0.2, 0.25) is 0 Å². The van der Waals surface area contributed by atoms with Crippen molar-refractivity contribution in [3.8, 4) is 0 Å². The highest BCUT2D eigenvalue weighted by atomic mass is 32.1. The van der Waals surface area contributed by atoms with Gasteiger partial charge in [0.25, 0.3) is 0 Å². The van der Waals surface area contributed by atoms with Crippen molar-refractivity contribution < 1.29 is 14.3 Å². The maximum atomic E-state index is 11.5. The molecule has 0 aromatic carbocycles. The Morgan fingerprint density at radius 2 is 2.54 bits per heavy atom. The third kappa shape index (κ3) is 3.00. The molecular weight excluding hydrogens is 211 g/mol. The summed E-state index contributed by atoms with van der Waals surface area (Å²) in [7, 11) is 0. The molecule has 0 saturated heterocycles. The molecule has 0 fully saturated rings. The minimum absolute atomic E-state index is 0.0422. The summed E-state index contributed by atoms with van der Waals surface area (Å²) in [4.78, 5) is 14.8. The summed E-state index contributed by atoms with van der Waals surface area (Å²) < 4.78 is 11.5. The van der Waals surface area contributed by atoms with Gasteiger partial charge in [0.1, 0.15) is 0 Å². The Hall–Kier alpha value is -0.550. The quantitative estimate of drug-likeness (QED) is 0.789. The minimum atomic E-state index is -0.840. The average molecular weight is 220 g/mol. The summed E-state index contributed by atoms with van der Waals surface area (Å²) in [5, 5.41) is 1.91. The number of carbonyl (C=O) groups excluding carboxylic acids is 1. The van der Waals surface area contributed by atoms with E-state index >= 15 is 0 Å². The van der Waals surface area contributed by atoms with Gasteiger partial charge in [-0.2, -0.15) is 12.6 Å². The normalized spacial score (nSPS) is 12.5. The van der Waals surface area contributed by atoms with Crippen molar-refractivity contribution in [2.45, 2.75) is 12.3 Å². The van der Waals surface area contributed by atoms with Gasteiger partial charge >= 0.3 is 5.97 Å². The van der Waals surface area contributed by atoms with Crippen molar-refractivity contribution in [3.63, 3.8) is 0 Å². The third-order valence-electron chi connectivity index (χ3n) is 1.67. The Morgan fingerprint density at radius 3 is 3.00 bits per heavy atom. The van der Waals surface area contributed by atoms with Gasteiger partial charge in [-0.3, -0.25) is 4.94 Å². The second kappa shape index (κ2) is 5.24. The smallest absolute Gasteiger partial charge is 0.255 e. The highest BCUT2D eigenvalue weighted by molar-refractivity contribution is 7.80. The van der Waals surface area contributed by atoms with E-state index in [4.69, 9.17) is 0 Å². The molecule has 72 valence electrons. The van der Waals surface area contributed by atoms with Crippen LogP contribution in [-0.4, -0.2) is 11.7 Å². The molecule has 1 aromatic rings. The molecular formula is C8H9FO2S2. The number of hydrogen-bond acceptors (Lipinski definition) is 4. The van der Waals surface area contributed by atoms with E-state index < -0.39 is 5.97 Å². The summed E-state index contributed by atoms with van der Waals surface area (Å²) in [5.41, 5.74) is 0. The van der Waals surface area contributed by atoms with Crippen molar-refractivity contribution in [2.24, 2.45) is 0 Å². The SMILES string of the molecule is O=C(CC(CS)c1cccs1)OF. The molecule has 13 heavy (non-hydrogen) atoms. The Kier molecular flexibility index (Phi) is 4.24. The molecule has 0 saturated carbocycles. The summed E-state index contributed by atoms with van der Waals surface area (Å²) in [6.07, 6.45) is 0.0422. The summed E-state index contributed by atoms with van der Waals surface area (Å²) in [6.45, 7) is 0. The third-order valence-corrected chi connectivity index (χ3v) is 3.14. The first kappa shape index (κ1) is 10.5. The monoisotopic (exact) mass is 220 g/mol. The van der Waals surface area contributed by atoms with Gasteiger partial charge < -0.3 is 0 Å². The van der Waals surface area contributed by atoms with Gasteiger partial charge in [0, 0.05) is 15.3 Å². The van der Waals surface area contributed by atoms with E-state index in [1.807, 2.05) is 17.5 Å². The van der Waals surface area contributed by atoms with Gasteiger partial charge in [0.05, 0.1) is 6.42 Å². The topological polar surface area (TPSA) is 26.3 Å². The maximum Gasteiger partial charge on any atom is 0.349 e. The number of thiol groups is 1. The molecule has 0 aliphatic rings. The van der Waals surface area contributed by atoms with Crippen LogP contribution >= 0.6 is 24.0 Å². The van der Waals surface area contributed by atoms with E-state index in [2.05, 4.69) is 17.6 Å². The summed E-state index contributed by atoms with van der Waals surface area (Å²) in [5.74, 6) is -0.380. The summed E-state index contributed by atoms with van der Waals surface area (Å²) >= 11 is 5.62. The van der Waals surface area contributed by atoms with Crippen LogP contribution in [0.1, 0.15) is 17.2 Å². The molecule has 0 aliphatic carbocycles. The fraction of sp³-hybridized carbons (Fsp3) is 0.375. The molecule has 0 bridgehead atoms. The largest absolute Gasteiger partial charge is 0.349 e. The number of rotatable bonds is 4. The van der Waals surface area contributed by atoms with Gasteiger partial charge in [-0.25, -0.2) is 4.79 Å². The van der Waals surface area contributed by atoms with Crippen LogP contribution in [0.5, 0.6) is 0 Å². The van der Waals surface area contributed by atoms with Crippen LogP contribution < -0.4 is 0 Å². The molecule has 1 unspecified atom stereocenters. The predicted octanol–water partition coefficient (Wildman–Crippen LogP) is 2.58. The molecule has 1 rings (SSSR count). The van der Waals surface area contributed by atoms with E-state index in [0.29, 0.717) is 5.75 Å². The van der Waals surface area contributed by atoms with E-state index in [9.17, 15) is 9.32 Å². The first-order chi connectivity index (χ1) is 6.27. The molecule has 0 amide bonds. The zero-order chi connectivity index (χ0) is 9.68. The lowest BCUT2D eigenvalue weighted by Crippen LogP contribution is -2.07. The van der Waals surface area contributed by atoms with Crippen molar-refractivity contribution >= 4 is 29.9 Å². The molecule has 1 atom stereocenters. The molecule has 1 heterocycles.